The van der Waals surface area contributed by atoms with E-state index in [-0.39, 0.29) is 5.91 Å². The van der Waals surface area contributed by atoms with Crippen LogP contribution in [0.15, 0.2) is 48.5 Å². The highest BCUT2D eigenvalue weighted by molar-refractivity contribution is 5.94. The highest BCUT2D eigenvalue weighted by atomic mass is 16.5. The van der Waals surface area contributed by atoms with E-state index in [0.29, 0.717) is 17.9 Å². The molecule has 0 aromatic heterocycles. The van der Waals surface area contributed by atoms with Crippen LogP contribution in [0.25, 0.3) is 0 Å². The molecule has 0 bridgehead atoms. The third kappa shape index (κ3) is 4.25. The van der Waals surface area contributed by atoms with Gasteiger partial charge in [-0.25, -0.2) is 0 Å². The first-order valence-electron chi connectivity index (χ1n) is 7.30. The number of benzene rings is 2. The number of amides is 1. The second-order valence-corrected chi connectivity index (χ2v) is 5.05. The molecule has 0 spiro atoms. The van der Waals surface area contributed by atoms with Gasteiger partial charge in [0.1, 0.15) is 11.5 Å². The van der Waals surface area contributed by atoms with Crippen molar-refractivity contribution in [3.05, 3.63) is 54.1 Å². The highest BCUT2D eigenvalue weighted by Crippen LogP contribution is 2.21. The molecule has 0 unspecified atom stereocenters. The standard InChI is InChI=1S/C18H21NO3/c1-4-17(22-16-7-5-6-15(12-16)21-3)18(20)19-14-10-8-13(2)9-11-14/h5-12,17H,4H2,1-3H3,(H,19,20)/t17-/m1/s1. The highest BCUT2D eigenvalue weighted by Gasteiger charge is 2.18. The van der Waals surface area contributed by atoms with Crippen molar-refractivity contribution in [3.63, 3.8) is 0 Å². The predicted octanol–water partition coefficient (Wildman–Crippen LogP) is 3.80. The molecule has 1 N–H and O–H groups in total. The van der Waals surface area contributed by atoms with Crippen molar-refractivity contribution >= 4 is 11.6 Å². The van der Waals surface area contributed by atoms with Crippen LogP contribution in [-0.4, -0.2) is 19.1 Å². The SMILES string of the molecule is CC[C@@H](Oc1cccc(OC)c1)C(=O)Nc1ccc(C)cc1. The maximum absolute atomic E-state index is 12.3. The van der Waals surface area contributed by atoms with E-state index < -0.39 is 6.10 Å². The minimum atomic E-state index is -0.548. The van der Waals surface area contributed by atoms with Crippen molar-refractivity contribution in [1.29, 1.82) is 0 Å². The zero-order chi connectivity index (χ0) is 15.9. The van der Waals surface area contributed by atoms with E-state index in [1.165, 1.54) is 0 Å². The maximum Gasteiger partial charge on any atom is 0.265 e. The maximum atomic E-state index is 12.3. The van der Waals surface area contributed by atoms with Crippen molar-refractivity contribution in [2.75, 3.05) is 12.4 Å². The molecule has 0 radical (unpaired) electrons. The van der Waals surface area contributed by atoms with Crippen LogP contribution < -0.4 is 14.8 Å². The zero-order valence-corrected chi connectivity index (χ0v) is 13.1. The lowest BCUT2D eigenvalue weighted by atomic mass is 10.2. The number of methoxy groups -OCH3 is 1. The van der Waals surface area contributed by atoms with Crippen LogP contribution in [-0.2, 0) is 4.79 Å². The molecular formula is C18H21NO3. The van der Waals surface area contributed by atoms with Crippen LogP contribution in [0.1, 0.15) is 18.9 Å². The molecule has 1 amide bonds. The first-order valence-corrected chi connectivity index (χ1v) is 7.30. The molecular weight excluding hydrogens is 278 g/mol. The summed E-state index contributed by atoms with van der Waals surface area (Å²) in [5.74, 6) is 1.16. The summed E-state index contributed by atoms with van der Waals surface area (Å²) in [6.45, 7) is 3.92. The van der Waals surface area contributed by atoms with Gasteiger partial charge in [-0.3, -0.25) is 4.79 Å². The number of carbonyl (C=O) groups excluding carboxylic acids is 1. The number of nitrogens with one attached hydrogen (secondary N) is 1. The number of hydrogen-bond acceptors (Lipinski definition) is 3. The summed E-state index contributed by atoms with van der Waals surface area (Å²) in [6, 6.07) is 14.9. The monoisotopic (exact) mass is 299 g/mol. The number of hydrogen-bond donors (Lipinski definition) is 1. The molecule has 2 aromatic rings. The second kappa shape index (κ2) is 7.50. The van der Waals surface area contributed by atoms with Gasteiger partial charge in [-0.1, -0.05) is 30.7 Å². The molecule has 0 fully saturated rings. The van der Waals surface area contributed by atoms with Gasteiger partial charge in [0, 0.05) is 11.8 Å². The Hall–Kier alpha value is -2.49. The number of aryl methyl sites for hydroxylation is 1. The average Bonchev–Trinajstić information content (AvgIpc) is 2.54. The van der Waals surface area contributed by atoms with E-state index in [1.807, 2.05) is 56.3 Å². The molecule has 2 rings (SSSR count). The molecule has 4 heteroatoms. The van der Waals surface area contributed by atoms with E-state index in [1.54, 1.807) is 13.2 Å². The summed E-state index contributed by atoms with van der Waals surface area (Å²) in [7, 11) is 1.60. The summed E-state index contributed by atoms with van der Waals surface area (Å²) in [5.41, 5.74) is 1.92. The van der Waals surface area contributed by atoms with E-state index in [2.05, 4.69) is 5.32 Å². The van der Waals surface area contributed by atoms with Crippen molar-refractivity contribution in [2.24, 2.45) is 0 Å². The van der Waals surface area contributed by atoms with Crippen LogP contribution >= 0.6 is 0 Å². The van der Waals surface area contributed by atoms with Crippen LogP contribution in [0.5, 0.6) is 11.5 Å². The molecule has 22 heavy (non-hydrogen) atoms. The Bertz CT molecular complexity index is 622. The minimum Gasteiger partial charge on any atom is -0.497 e. The van der Waals surface area contributed by atoms with Crippen LogP contribution in [0.2, 0.25) is 0 Å². The van der Waals surface area contributed by atoms with Gasteiger partial charge < -0.3 is 14.8 Å². The summed E-state index contributed by atoms with van der Waals surface area (Å²) in [5, 5.41) is 2.87. The van der Waals surface area contributed by atoms with Gasteiger partial charge in [0.2, 0.25) is 0 Å². The normalized spacial score (nSPS) is 11.6. The Balaban J connectivity index is 2.03. The lowest BCUT2D eigenvalue weighted by molar-refractivity contribution is -0.122. The molecule has 0 aliphatic heterocycles. The lowest BCUT2D eigenvalue weighted by Gasteiger charge is -2.17. The fraction of sp³-hybridized carbons (Fsp3) is 0.278. The van der Waals surface area contributed by atoms with Gasteiger partial charge in [0.25, 0.3) is 5.91 Å². The van der Waals surface area contributed by atoms with Gasteiger partial charge in [0.05, 0.1) is 7.11 Å². The summed E-state index contributed by atoms with van der Waals surface area (Å²) < 4.78 is 10.9. The van der Waals surface area contributed by atoms with E-state index >= 15 is 0 Å². The summed E-state index contributed by atoms with van der Waals surface area (Å²) in [6.07, 6.45) is 0.0305. The molecule has 0 saturated heterocycles. The third-order valence-corrected chi connectivity index (χ3v) is 3.30. The molecule has 0 saturated carbocycles. The van der Waals surface area contributed by atoms with Crippen molar-refractivity contribution in [3.8, 4) is 11.5 Å². The molecule has 1 atom stereocenters. The molecule has 4 nitrogen and oxygen atoms in total. The first kappa shape index (κ1) is 15.9. The van der Waals surface area contributed by atoms with Gasteiger partial charge >= 0.3 is 0 Å². The van der Waals surface area contributed by atoms with Gasteiger partial charge in [-0.05, 0) is 37.6 Å². The molecule has 116 valence electrons. The van der Waals surface area contributed by atoms with Gasteiger partial charge in [0.15, 0.2) is 6.10 Å². The largest absolute Gasteiger partial charge is 0.497 e. The Morgan fingerprint density at radius 2 is 1.82 bits per heavy atom. The predicted molar refractivity (Wildman–Crippen MR) is 87.5 cm³/mol. The number of carbonyl (C=O) groups is 1. The quantitative estimate of drug-likeness (QED) is 0.882. The van der Waals surface area contributed by atoms with Crippen molar-refractivity contribution in [1.82, 2.24) is 0 Å². The third-order valence-electron chi connectivity index (χ3n) is 3.30. The minimum absolute atomic E-state index is 0.158. The fourth-order valence-corrected chi connectivity index (χ4v) is 2.02. The van der Waals surface area contributed by atoms with Gasteiger partial charge in [-0.2, -0.15) is 0 Å². The van der Waals surface area contributed by atoms with Crippen LogP contribution in [0.3, 0.4) is 0 Å². The lowest BCUT2D eigenvalue weighted by Crippen LogP contribution is -2.32. The fourth-order valence-electron chi connectivity index (χ4n) is 2.02. The smallest absolute Gasteiger partial charge is 0.265 e. The number of anilines is 1. The van der Waals surface area contributed by atoms with Crippen molar-refractivity contribution < 1.29 is 14.3 Å². The van der Waals surface area contributed by atoms with Crippen molar-refractivity contribution in [2.45, 2.75) is 26.4 Å². The van der Waals surface area contributed by atoms with E-state index in [4.69, 9.17) is 9.47 Å². The summed E-state index contributed by atoms with van der Waals surface area (Å²) in [4.78, 5) is 12.3. The molecule has 2 aromatic carbocycles. The zero-order valence-electron chi connectivity index (χ0n) is 13.1. The topological polar surface area (TPSA) is 47.6 Å². The van der Waals surface area contributed by atoms with E-state index in [0.717, 1.165) is 11.3 Å². The van der Waals surface area contributed by atoms with E-state index in [9.17, 15) is 4.79 Å². The molecule has 0 aliphatic carbocycles. The Morgan fingerprint density at radius 1 is 1.14 bits per heavy atom. The Labute approximate surface area is 131 Å². The Morgan fingerprint density at radius 3 is 2.45 bits per heavy atom. The summed E-state index contributed by atoms with van der Waals surface area (Å²) >= 11 is 0. The van der Waals surface area contributed by atoms with Crippen LogP contribution in [0, 0.1) is 6.92 Å². The average molecular weight is 299 g/mol. The molecule has 0 heterocycles. The number of rotatable bonds is 6. The van der Waals surface area contributed by atoms with Crippen LogP contribution in [0.4, 0.5) is 5.69 Å². The Kier molecular flexibility index (Phi) is 5.42. The number of ether oxygens (including phenoxy) is 2. The van der Waals surface area contributed by atoms with Gasteiger partial charge in [-0.15, -0.1) is 0 Å². The first-order chi connectivity index (χ1) is 10.6. The molecule has 0 aliphatic rings. The second-order valence-electron chi connectivity index (χ2n) is 5.05.